The zero-order valence-electron chi connectivity index (χ0n) is 11.4. The first-order valence-electron chi connectivity index (χ1n) is 6.83. The maximum atomic E-state index is 13.7. The third-order valence-corrected chi connectivity index (χ3v) is 3.25. The van der Waals surface area contributed by atoms with Crippen LogP contribution in [0.25, 0.3) is 0 Å². The molecule has 1 heterocycles. The van der Waals surface area contributed by atoms with Gasteiger partial charge in [0.15, 0.2) is 11.6 Å². The number of benzene rings is 1. The molecule has 1 aliphatic rings. The molecule has 2 aromatic rings. The van der Waals surface area contributed by atoms with Gasteiger partial charge in [0.25, 0.3) is 0 Å². The lowest BCUT2D eigenvalue weighted by atomic mass is 10.2. The zero-order chi connectivity index (χ0) is 13.9. The van der Waals surface area contributed by atoms with Crippen LogP contribution in [0.2, 0.25) is 0 Å². The third-order valence-electron chi connectivity index (χ3n) is 3.25. The van der Waals surface area contributed by atoms with Crippen molar-refractivity contribution in [2.45, 2.75) is 32.4 Å². The van der Waals surface area contributed by atoms with E-state index in [4.69, 9.17) is 4.74 Å². The van der Waals surface area contributed by atoms with Gasteiger partial charge in [0.1, 0.15) is 5.75 Å². The van der Waals surface area contributed by atoms with Crippen molar-refractivity contribution in [3.8, 4) is 11.5 Å². The van der Waals surface area contributed by atoms with E-state index < -0.39 is 0 Å². The molecule has 1 N–H and O–H groups in total. The summed E-state index contributed by atoms with van der Waals surface area (Å²) in [5.41, 5.74) is 1.87. The second-order valence-electron chi connectivity index (χ2n) is 5.17. The smallest absolute Gasteiger partial charge is 0.165 e. The number of rotatable bonds is 5. The van der Waals surface area contributed by atoms with Gasteiger partial charge in [0.2, 0.25) is 0 Å². The summed E-state index contributed by atoms with van der Waals surface area (Å²) in [6.45, 7) is 2.63. The van der Waals surface area contributed by atoms with Crippen LogP contribution in [-0.2, 0) is 6.54 Å². The van der Waals surface area contributed by atoms with Crippen molar-refractivity contribution in [1.29, 1.82) is 0 Å². The minimum absolute atomic E-state index is 0.248. The van der Waals surface area contributed by atoms with Crippen LogP contribution in [-0.4, -0.2) is 11.0 Å². The molecule has 0 atom stereocenters. The van der Waals surface area contributed by atoms with Crippen LogP contribution in [0.5, 0.6) is 11.5 Å². The molecule has 1 aromatic carbocycles. The highest BCUT2D eigenvalue weighted by atomic mass is 19.1. The molecule has 0 saturated heterocycles. The number of aromatic nitrogens is 1. The minimum Gasteiger partial charge on any atom is -0.454 e. The van der Waals surface area contributed by atoms with E-state index in [0.29, 0.717) is 11.8 Å². The highest BCUT2D eigenvalue weighted by Crippen LogP contribution is 2.26. The third kappa shape index (κ3) is 3.33. The normalized spacial score (nSPS) is 14.3. The predicted molar refractivity (Wildman–Crippen MR) is 75.3 cm³/mol. The van der Waals surface area contributed by atoms with Gasteiger partial charge in [-0.15, -0.1) is 0 Å². The van der Waals surface area contributed by atoms with Crippen LogP contribution < -0.4 is 10.1 Å². The summed E-state index contributed by atoms with van der Waals surface area (Å²) in [4.78, 5) is 4.28. The molecule has 0 unspecified atom stereocenters. The van der Waals surface area contributed by atoms with E-state index in [-0.39, 0.29) is 11.6 Å². The minimum atomic E-state index is -0.356. The van der Waals surface area contributed by atoms with Gasteiger partial charge in [0, 0.05) is 24.8 Å². The zero-order valence-corrected chi connectivity index (χ0v) is 11.4. The van der Waals surface area contributed by atoms with E-state index in [0.717, 1.165) is 17.8 Å². The van der Waals surface area contributed by atoms with E-state index in [9.17, 15) is 4.39 Å². The summed E-state index contributed by atoms with van der Waals surface area (Å²) < 4.78 is 19.3. The Morgan fingerprint density at radius 3 is 2.95 bits per heavy atom. The fourth-order valence-electron chi connectivity index (χ4n) is 1.97. The quantitative estimate of drug-likeness (QED) is 0.903. The highest BCUT2D eigenvalue weighted by Gasteiger charge is 2.20. The van der Waals surface area contributed by atoms with Crippen LogP contribution in [0.4, 0.5) is 4.39 Å². The van der Waals surface area contributed by atoms with Crippen LogP contribution in [0.3, 0.4) is 0 Å². The Kier molecular flexibility index (Phi) is 3.65. The highest BCUT2D eigenvalue weighted by molar-refractivity contribution is 5.35. The Morgan fingerprint density at radius 2 is 2.15 bits per heavy atom. The van der Waals surface area contributed by atoms with Crippen molar-refractivity contribution < 1.29 is 9.13 Å². The van der Waals surface area contributed by atoms with Crippen LogP contribution >= 0.6 is 0 Å². The van der Waals surface area contributed by atoms with Crippen LogP contribution in [0, 0.1) is 12.7 Å². The van der Waals surface area contributed by atoms with Gasteiger partial charge < -0.3 is 10.1 Å². The number of hydrogen-bond acceptors (Lipinski definition) is 3. The van der Waals surface area contributed by atoms with Crippen molar-refractivity contribution in [1.82, 2.24) is 10.3 Å². The maximum Gasteiger partial charge on any atom is 0.165 e. The first-order valence-corrected chi connectivity index (χ1v) is 6.83. The van der Waals surface area contributed by atoms with Gasteiger partial charge in [-0.1, -0.05) is 6.07 Å². The molecule has 0 amide bonds. The number of hydrogen-bond donors (Lipinski definition) is 1. The molecule has 3 nitrogen and oxygen atoms in total. The van der Waals surface area contributed by atoms with E-state index in [1.54, 1.807) is 24.4 Å². The van der Waals surface area contributed by atoms with Crippen LogP contribution in [0.1, 0.15) is 24.1 Å². The average Bonchev–Trinajstić information content (AvgIpc) is 3.25. The Morgan fingerprint density at radius 1 is 1.30 bits per heavy atom. The van der Waals surface area contributed by atoms with E-state index in [2.05, 4.69) is 10.3 Å². The summed E-state index contributed by atoms with van der Waals surface area (Å²) in [6, 6.07) is 9.05. The predicted octanol–water partition coefficient (Wildman–Crippen LogP) is 3.57. The molecule has 1 aromatic heterocycles. The monoisotopic (exact) mass is 272 g/mol. The molecule has 0 radical (unpaired) electrons. The number of ether oxygens (including phenoxy) is 1. The standard InChI is InChI=1S/C16H17FN2O/c1-11-2-5-15(17)16(8-11)20-14-6-7-18-13(9-14)10-19-12-3-4-12/h2,5-9,12,19H,3-4,10H2,1H3. The molecular formula is C16H17FN2O. The van der Waals surface area contributed by atoms with Crippen LogP contribution in [0.15, 0.2) is 36.5 Å². The van der Waals surface area contributed by atoms with Crippen molar-refractivity contribution >= 4 is 0 Å². The van der Waals surface area contributed by atoms with Crippen molar-refractivity contribution in [3.05, 3.63) is 53.6 Å². The molecular weight excluding hydrogens is 255 g/mol. The molecule has 0 bridgehead atoms. The molecule has 20 heavy (non-hydrogen) atoms. The van der Waals surface area contributed by atoms with Crippen molar-refractivity contribution in [2.75, 3.05) is 0 Å². The van der Waals surface area contributed by atoms with E-state index in [1.165, 1.54) is 18.9 Å². The molecule has 1 aliphatic carbocycles. The number of nitrogens with one attached hydrogen (secondary N) is 1. The molecule has 1 saturated carbocycles. The summed E-state index contributed by atoms with van der Waals surface area (Å²) in [5.74, 6) is 0.500. The lowest BCUT2D eigenvalue weighted by molar-refractivity contribution is 0.440. The Hall–Kier alpha value is -1.94. The van der Waals surface area contributed by atoms with E-state index >= 15 is 0 Å². The molecule has 0 aliphatic heterocycles. The van der Waals surface area contributed by atoms with Crippen molar-refractivity contribution in [3.63, 3.8) is 0 Å². The van der Waals surface area contributed by atoms with E-state index in [1.807, 2.05) is 13.0 Å². The van der Waals surface area contributed by atoms with Crippen molar-refractivity contribution in [2.24, 2.45) is 0 Å². The van der Waals surface area contributed by atoms with Gasteiger partial charge in [-0.25, -0.2) is 4.39 Å². The Balaban J connectivity index is 1.72. The maximum absolute atomic E-state index is 13.7. The number of pyridine rings is 1. The summed E-state index contributed by atoms with van der Waals surface area (Å²) in [7, 11) is 0. The Bertz CT molecular complexity index is 611. The second kappa shape index (κ2) is 5.59. The average molecular weight is 272 g/mol. The SMILES string of the molecule is Cc1ccc(F)c(Oc2ccnc(CNC3CC3)c2)c1. The number of nitrogens with zero attached hydrogens (tertiary/aromatic N) is 1. The van der Waals surface area contributed by atoms with Gasteiger partial charge in [-0.3, -0.25) is 4.98 Å². The fourth-order valence-corrected chi connectivity index (χ4v) is 1.97. The second-order valence-corrected chi connectivity index (χ2v) is 5.17. The molecule has 4 heteroatoms. The summed E-state index contributed by atoms with van der Waals surface area (Å²) in [6.07, 6.45) is 4.17. The molecule has 0 spiro atoms. The fraction of sp³-hybridized carbons (Fsp3) is 0.312. The Labute approximate surface area is 117 Å². The first-order chi connectivity index (χ1) is 9.70. The molecule has 3 rings (SSSR count). The molecule has 104 valence electrons. The number of aryl methyl sites for hydroxylation is 1. The lowest BCUT2D eigenvalue weighted by Crippen LogP contribution is -2.16. The summed E-state index contributed by atoms with van der Waals surface area (Å²) >= 11 is 0. The summed E-state index contributed by atoms with van der Waals surface area (Å²) in [5, 5.41) is 3.39. The largest absolute Gasteiger partial charge is 0.454 e. The first kappa shape index (κ1) is 13.1. The van der Waals surface area contributed by atoms with Gasteiger partial charge in [-0.05, 0) is 43.5 Å². The van der Waals surface area contributed by atoms with Gasteiger partial charge >= 0.3 is 0 Å². The van der Waals surface area contributed by atoms with Gasteiger partial charge in [0.05, 0.1) is 5.69 Å². The topological polar surface area (TPSA) is 34.1 Å². The lowest BCUT2D eigenvalue weighted by Gasteiger charge is -2.09. The number of halogens is 1. The molecule has 1 fully saturated rings. The van der Waals surface area contributed by atoms with Gasteiger partial charge in [-0.2, -0.15) is 0 Å².